The minimum absolute atomic E-state index is 0.343. The number of hydrogen-bond acceptors (Lipinski definition) is 2. The van der Waals surface area contributed by atoms with E-state index in [0.717, 1.165) is 24.3 Å². The fraction of sp³-hybridized carbons (Fsp3) is 0.571. The lowest BCUT2D eigenvalue weighted by molar-refractivity contribution is -0.0971. The molecule has 0 saturated heterocycles. The van der Waals surface area contributed by atoms with Crippen molar-refractivity contribution in [2.24, 2.45) is 0 Å². The molecule has 1 aromatic carbocycles. The van der Waals surface area contributed by atoms with Crippen molar-refractivity contribution in [3.63, 3.8) is 0 Å². The van der Waals surface area contributed by atoms with Crippen molar-refractivity contribution in [1.82, 2.24) is 0 Å². The maximum Gasteiger partial charge on any atom is 0.251 e. The second kappa shape index (κ2) is 4.00. The lowest BCUT2D eigenvalue weighted by Gasteiger charge is -2.29. The second-order valence-corrected chi connectivity index (χ2v) is 4.83. The van der Waals surface area contributed by atoms with Gasteiger partial charge in [-0.1, -0.05) is 31.4 Å². The Hall–Kier alpha value is -1.18. The van der Waals surface area contributed by atoms with E-state index in [-0.39, 0.29) is 5.79 Å². The first-order valence-electron chi connectivity index (χ1n) is 6.35. The van der Waals surface area contributed by atoms with Crippen molar-refractivity contribution in [1.29, 1.82) is 0 Å². The molecule has 0 amide bonds. The molecule has 0 radical (unpaired) electrons. The van der Waals surface area contributed by atoms with Crippen LogP contribution < -0.4 is 9.47 Å². The highest BCUT2D eigenvalue weighted by atomic mass is 16.7. The number of para-hydroxylation sites is 2. The Morgan fingerprint density at radius 1 is 0.750 bits per heavy atom. The summed E-state index contributed by atoms with van der Waals surface area (Å²) in [6.45, 7) is 0. The van der Waals surface area contributed by atoms with Crippen LogP contribution in [0.3, 0.4) is 0 Å². The summed E-state index contributed by atoms with van der Waals surface area (Å²) in [5.41, 5.74) is 0. The zero-order chi connectivity index (χ0) is 10.8. The molecule has 1 heterocycles. The molecule has 0 N–H and O–H groups in total. The zero-order valence-corrected chi connectivity index (χ0v) is 9.58. The van der Waals surface area contributed by atoms with Crippen LogP contribution in [0.5, 0.6) is 11.5 Å². The molecular formula is C14H18O2. The summed E-state index contributed by atoms with van der Waals surface area (Å²) in [5, 5.41) is 0. The van der Waals surface area contributed by atoms with E-state index in [4.69, 9.17) is 9.47 Å². The van der Waals surface area contributed by atoms with Crippen molar-refractivity contribution in [2.75, 3.05) is 0 Å². The summed E-state index contributed by atoms with van der Waals surface area (Å²) >= 11 is 0. The molecule has 1 spiro atoms. The standard InChI is InChI=1S/C14H18O2/c1-2-6-10-14(11-7-3-1)15-12-8-4-5-9-13(12)16-14/h4-5,8-9H,1-3,6-7,10-11H2. The molecule has 1 aliphatic heterocycles. The monoisotopic (exact) mass is 218 g/mol. The molecule has 2 aliphatic rings. The third-order valence-electron chi connectivity index (χ3n) is 3.56. The highest BCUT2D eigenvalue weighted by Gasteiger charge is 2.40. The Morgan fingerprint density at radius 2 is 1.25 bits per heavy atom. The van der Waals surface area contributed by atoms with E-state index >= 15 is 0 Å². The normalized spacial score (nSPS) is 22.8. The number of rotatable bonds is 0. The molecule has 2 nitrogen and oxygen atoms in total. The topological polar surface area (TPSA) is 18.5 Å². The minimum atomic E-state index is -0.343. The molecule has 86 valence electrons. The molecule has 0 atom stereocenters. The lowest BCUT2D eigenvalue weighted by Crippen LogP contribution is -2.39. The molecule has 0 aromatic heterocycles. The first-order valence-corrected chi connectivity index (χ1v) is 6.35. The van der Waals surface area contributed by atoms with Crippen LogP contribution in [-0.2, 0) is 0 Å². The van der Waals surface area contributed by atoms with Gasteiger partial charge >= 0.3 is 0 Å². The average molecular weight is 218 g/mol. The lowest BCUT2D eigenvalue weighted by atomic mass is 9.96. The first kappa shape index (κ1) is 10.0. The Bertz CT molecular complexity index is 338. The van der Waals surface area contributed by atoms with Gasteiger partial charge in [0, 0.05) is 12.8 Å². The number of benzene rings is 1. The van der Waals surface area contributed by atoms with Gasteiger partial charge in [0.05, 0.1) is 0 Å². The van der Waals surface area contributed by atoms with Crippen molar-refractivity contribution in [3.8, 4) is 11.5 Å². The van der Waals surface area contributed by atoms with Gasteiger partial charge in [0.1, 0.15) is 0 Å². The van der Waals surface area contributed by atoms with Crippen LogP contribution in [0.4, 0.5) is 0 Å². The minimum Gasteiger partial charge on any atom is -0.448 e. The third-order valence-corrected chi connectivity index (χ3v) is 3.56. The van der Waals surface area contributed by atoms with E-state index in [1.807, 2.05) is 24.3 Å². The summed E-state index contributed by atoms with van der Waals surface area (Å²) in [6, 6.07) is 8.01. The maximum atomic E-state index is 6.05. The van der Waals surface area contributed by atoms with Crippen molar-refractivity contribution in [2.45, 2.75) is 50.7 Å². The highest BCUT2D eigenvalue weighted by molar-refractivity contribution is 5.42. The van der Waals surface area contributed by atoms with Crippen molar-refractivity contribution in [3.05, 3.63) is 24.3 Å². The molecule has 2 heteroatoms. The molecule has 1 saturated carbocycles. The molecule has 0 unspecified atom stereocenters. The Balaban J connectivity index is 1.80. The Kier molecular flexibility index (Phi) is 2.50. The smallest absolute Gasteiger partial charge is 0.251 e. The van der Waals surface area contributed by atoms with Gasteiger partial charge in [-0.05, 0) is 25.0 Å². The molecule has 0 bridgehead atoms. The first-order chi connectivity index (χ1) is 7.88. The van der Waals surface area contributed by atoms with Gasteiger partial charge in [0.2, 0.25) is 0 Å². The Labute approximate surface area is 96.6 Å². The van der Waals surface area contributed by atoms with Crippen LogP contribution in [0.2, 0.25) is 0 Å². The Morgan fingerprint density at radius 3 is 1.81 bits per heavy atom. The van der Waals surface area contributed by atoms with Crippen LogP contribution in [0.15, 0.2) is 24.3 Å². The van der Waals surface area contributed by atoms with Gasteiger partial charge in [-0.3, -0.25) is 0 Å². The van der Waals surface area contributed by atoms with Crippen molar-refractivity contribution >= 4 is 0 Å². The summed E-state index contributed by atoms with van der Waals surface area (Å²) in [6.07, 6.45) is 8.48. The van der Waals surface area contributed by atoms with E-state index in [9.17, 15) is 0 Å². The number of hydrogen-bond donors (Lipinski definition) is 0. The molecule has 16 heavy (non-hydrogen) atoms. The summed E-state index contributed by atoms with van der Waals surface area (Å²) < 4.78 is 12.1. The van der Waals surface area contributed by atoms with Gasteiger partial charge in [-0.15, -0.1) is 0 Å². The van der Waals surface area contributed by atoms with Gasteiger partial charge in [-0.25, -0.2) is 0 Å². The van der Waals surface area contributed by atoms with Crippen molar-refractivity contribution < 1.29 is 9.47 Å². The summed E-state index contributed by atoms with van der Waals surface area (Å²) in [4.78, 5) is 0. The van der Waals surface area contributed by atoms with Gasteiger partial charge in [-0.2, -0.15) is 0 Å². The third kappa shape index (κ3) is 1.77. The van der Waals surface area contributed by atoms with E-state index < -0.39 is 0 Å². The summed E-state index contributed by atoms with van der Waals surface area (Å²) in [7, 11) is 0. The number of ether oxygens (including phenoxy) is 2. The largest absolute Gasteiger partial charge is 0.448 e. The SMILES string of the molecule is c1ccc2c(c1)OC1(CCCCCCC1)O2. The average Bonchev–Trinajstić information content (AvgIpc) is 2.63. The molecule has 1 fully saturated rings. The van der Waals surface area contributed by atoms with Crippen LogP contribution in [-0.4, -0.2) is 5.79 Å². The quantitative estimate of drug-likeness (QED) is 0.657. The van der Waals surface area contributed by atoms with E-state index in [2.05, 4.69) is 0 Å². The van der Waals surface area contributed by atoms with Gasteiger partial charge < -0.3 is 9.47 Å². The summed E-state index contributed by atoms with van der Waals surface area (Å²) in [5.74, 6) is 1.50. The van der Waals surface area contributed by atoms with E-state index in [1.54, 1.807) is 0 Å². The fourth-order valence-corrected chi connectivity index (χ4v) is 2.69. The van der Waals surface area contributed by atoms with E-state index in [1.165, 1.54) is 32.1 Å². The van der Waals surface area contributed by atoms with Crippen LogP contribution >= 0.6 is 0 Å². The van der Waals surface area contributed by atoms with Gasteiger partial charge in [0.25, 0.3) is 5.79 Å². The van der Waals surface area contributed by atoms with Gasteiger partial charge in [0.15, 0.2) is 11.5 Å². The highest BCUT2D eigenvalue weighted by Crippen LogP contribution is 2.44. The van der Waals surface area contributed by atoms with Crippen LogP contribution in [0.25, 0.3) is 0 Å². The predicted octanol–water partition coefficient (Wildman–Crippen LogP) is 3.90. The predicted molar refractivity (Wildman–Crippen MR) is 62.7 cm³/mol. The fourth-order valence-electron chi connectivity index (χ4n) is 2.69. The zero-order valence-electron chi connectivity index (χ0n) is 9.58. The van der Waals surface area contributed by atoms with Crippen LogP contribution in [0, 0.1) is 0 Å². The number of fused-ring (bicyclic) bond motifs is 1. The molecule has 1 aromatic rings. The molecule has 1 aliphatic carbocycles. The second-order valence-electron chi connectivity index (χ2n) is 4.83. The van der Waals surface area contributed by atoms with E-state index in [0.29, 0.717) is 0 Å². The van der Waals surface area contributed by atoms with Crippen LogP contribution in [0.1, 0.15) is 44.9 Å². The molecular weight excluding hydrogens is 200 g/mol. The maximum absolute atomic E-state index is 6.05. The molecule has 3 rings (SSSR count).